The lowest BCUT2D eigenvalue weighted by atomic mass is 10.2. The Morgan fingerprint density at radius 1 is 1.73 bits per heavy atom. The van der Waals surface area contributed by atoms with Gasteiger partial charge in [-0.2, -0.15) is 5.26 Å². The number of anilines is 1. The number of aromatic nitrogens is 1. The van der Waals surface area contributed by atoms with E-state index in [2.05, 4.69) is 10.3 Å². The molecule has 1 fully saturated rings. The molecule has 0 bridgehead atoms. The van der Waals surface area contributed by atoms with Crippen LogP contribution in [0.3, 0.4) is 0 Å². The molecule has 0 amide bonds. The number of hydrogen-bond acceptors (Lipinski definition) is 5. The second-order valence-electron chi connectivity index (χ2n) is 3.54. The molecule has 4 nitrogen and oxygen atoms in total. The molecule has 0 radical (unpaired) electrons. The van der Waals surface area contributed by atoms with Crippen LogP contribution in [0.1, 0.15) is 17.7 Å². The molecule has 2 N–H and O–H groups in total. The highest BCUT2D eigenvalue weighted by Crippen LogP contribution is 2.33. The van der Waals surface area contributed by atoms with Gasteiger partial charge in [0.05, 0.1) is 6.10 Å². The number of aliphatic hydroxyl groups is 1. The third-order valence-electron chi connectivity index (χ3n) is 2.32. The highest BCUT2D eigenvalue weighted by atomic mass is 35.5. The smallest absolute Gasteiger partial charge is 0.185 e. The molecule has 15 heavy (non-hydrogen) atoms. The Morgan fingerprint density at radius 3 is 3.00 bits per heavy atom. The van der Waals surface area contributed by atoms with Crippen molar-refractivity contribution in [2.24, 2.45) is 5.92 Å². The third-order valence-corrected chi connectivity index (χ3v) is 3.62. The number of nitriles is 1. The van der Waals surface area contributed by atoms with Gasteiger partial charge in [0.2, 0.25) is 0 Å². The van der Waals surface area contributed by atoms with Crippen LogP contribution < -0.4 is 5.32 Å². The van der Waals surface area contributed by atoms with Crippen molar-refractivity contribution in [1.82, 2.24) is 4.98 Å². The summed E-state index contributed by atoms with van der Waals surface area (Å²) >= 11 is 6.92. The van der Waals surface area contributed by atoms with Crippen LogP contribution in [0, 0.1) is 17.2 Å². The molecule has 0 spiro atoms. The van der Waals surface area contributed by atoms with Crippen LogP contribution in [-0.4, -0.2) is 22.7 Å². The van der Waals surface area contributed by atoms with E-state index in [1.807, 2.05) is 6.07 Å². The first-order valence-corrected chi connectivity index (χ1v) is 5.88. The maximum atomic E-state index is 9.60. The largest absolute Gasteiger partial charge is 0.391 e. The second kappa shape index (κ2) is 4.35. The third kappa shape index (κ3) is 2.59. The van der Waals surface area contributed by atoms with Crippen LogP contribution in [-0.2, 0) is 0 Å². The maximum absolute atomic E-state index is 9.60. The predicted octanol–water partition coefficient (Wildman–Crippen LogP) is 1.85. The molecular weight excluding hydrogens is 234 g/mol. The minimum atomic E-state index is -0.321. The standard InChI is InChI=1S/C9H10ClN3OS/c10-8-7(3-11)15-9(13-8)12-4-6(14)5-1-2-5/h5-6,14H,1-2,4H2,(H,12,13). The zero-order chi connectivity index (χ0) is 10.8. The summed E-state index contributed by atoms with van der Waals surface area (Å²) in [5, 5.41) is 22.1. The zero-order valence-electron chi connectivity index (χ0n) is 7.90. The molecule has 0 aliphatic heterocycles. The Bertz CT molecular complexity index is 397. The van der Waals surface area contributed by atoms with Gasteiger partial charge in [0.15, 0.2) is 10.3 Å². The SMILES string of the molecule is N#Cc1sc(NCC(O)C2CC2)nc1Cl. The van der Waals surface area contributed by atoms with E-state index >= 15 is 0 Å². The van der Waals surface area contributed by atoms with Crippen molar-refractivity contribution in [2.75, 3.05) is 11.9 Å². The van der Waals surface area contributed by atoms with Crippen molar-refractivity contribution in [3.63, 3.8) is 0 Å². The number of halogens is 1. The molecule has 1 aromatic heterocycles. The second-order valence-corrected chi connectivity index (χ2v) is 4.89. The number of hydrogen-bond donors (Lipinski definition) is 2. The van der Waals surface area contributed by atoms with Crippen molar-refractivity contribution in [3.05, 3.63) is 10.0 Å². The van der Waals surface area contributed by atoms with Crippen LogP contribution >= 0.6 is 22.9 Å². The van der Waals surface area contributed by atoms with E-state index in [-0.39, 0.29) is 11.3 Å². The van der Waals surface area contributed by atoms with Gasteiger partial charge in [-0.1, -0.05) is 22.9 Å². The summed E-state index contributed by atoms with van der Waals surface area (Å²) in [7, 11) is 0. The van der Waals surface area contributed by atoms with Gasteiger partial charge in [0.1, 0.15) is 10.9 Å². The highest BCUT2D eigenvalue weighted by molar-refractivity contribution is 7.16. The Morgan fingerprint density at radius 2 is 2.47 bits per heavy atom. The monoisotopic (exact) mass is 243 g/mol. The molecule has 2 rings (SSSR count). The van der Waals surface area contributed by atoms with Gasteiger partial charge in [0, 0.05) is 6.54 Å². The van der Waals surface area contributed by atoms with Gasteiger partial charge in [-0.05, 0) is 18.8 Å². The topological polar surface area (TPSA) is 68.9 Å². The average Bonchev–Trinajstić information content (AvgIpc) is 3.00. The van der Waals surface area contributed by atoms with Gasteiger partial charge in [0.25, 0.3) is 0 Å². The minimum Gasteiger partial charge on any atom is -0.391 e. The molecule has 1 aliphatic carbocycles. The Labute approximate surface area is 96.5 Å². The molecule has 1 atom stereocenters. The van der Waals surface area contributed by atoms with Crippen molar-refractivity contribution in [2.45, 2.75) is 18.9 Å². The van der Waals surface area contributed by atoms with Crippen molar-refractivity contribution < 1.29 is 5.11 Å². The van der Waals surface area contributed by atoms with Gasteiger partial charge in [-0.15, -0.1) is 0 Å². The van der Waals surface area contributed by atoms with Crippen LogP contribution in [0.2, 0.25) is 5.15 Å². The molecule has 1 aliphatic rings. The summed E-state index contributed by atoms with van der Waals surface area (Å²) in [6.07, 6.45) is 1.88. The van der Waals surface area contributed by atoms with Gasteiger partial charge in [-0.25, -0.2) is 4.98 Å². The summed E-state index contributed by atoms with van der Waals surface area (Å²) in [5.74, 6) is 0.434. The molecule has 1 aromatic rings. The fraction of sp³-hybridized carbons (Fsp3) is 0.556. The highest BCUT2D eigenvalue weighted by Gasteiger charge is 2.29. The number of nitrogens with zero attached hydrogens (tertiary/aromatic N) is 2. The van der Waals surface area contributed by atoms with Crippen molar-refractivity contribution in [3.8, 4) is 6.07 Å². The summed E-state index contributed by atoms with van der Waals surface area (Å²) < 4.78 is 0. The zero-order valence-corrected chi connectivity index (χ0v) is 9.48. The number of aliphatic hydroxyl groups excluding tert-OH is 1. The van der Waals surface area contributed by atoms with Crippen LogP contribution in [0.15, 0.2) is 0 Å². The van der Waals surface area contributed by atoms with Crippen molar-refractivity contribution >= 4 is 28.1 Å². The first-order valence-electron chi connectivity index (χ1n) is 4.69. The maximum Gasteiger partial charge on any atom is 0.185 e. The fourth-order valence-electron chi connectivity index (χ4n) is 1.29. The molecule has 80 valence electrons. The van der Waals surface area contributed by atoms with E-state index in [0.717, 1.165) is 12.8 Å². The van der Waals surface area contributed by atoms with E-state index < -0.39 is 0 Å². The molecular formula is C9H10ClN3OS. The van der Waals surface area contributed by atoms with Gasteiger partial charge >= 0.3 is 0 Å². The number of thiazole rings is 1. The lowest BCUT2D eigenvalue weighted by molar-refractivity contribution is 0.164. The van der Waals surface area contributed by atoms with Crippen LogP contribution in [0.5, 0.6) is 0 Å². The Kier molecular flexibility index (Phi) is 3.10. The molecule has 1 unspecified atom stereocenters. The van der Waals surface area contributed by atoms with E-state index in [1.165, 1.54) is 11.3 Å². The Balaban J connectivity index is 1.90. The van der Waals surface area contributed by atoms with Crippen LogP contribution in [0.25, 0.3) is 0 Å². The quantitative estimate of drug-likeness (QED) is 0.847. The number of rotatable bonds is 4. The van der Waals surface area contributed by atoms with E-state index in [0.29, 0.717) is 22.5 Å². The summed E-state index contributed by atoms with van der Waals surface area (Å²) in [6, 6.07) is 1.96. The Hall–Kier alpha value is -0.830. The fourth-order valence-corrected chi connectivity index (χ4v) is 2.24. The lowest BCUT2D eigenvalue weighted by Gasteiger charge is -2.08. The van der Waals surface area contributed by atoms with E-state index in [9.17, 15) is 5.11 Å². The number of nitrogens with one attached hydrogen (secondary N) is 1. The minimum absolute atomic E-state index is 0.228. The molecule has 0 saturated heterocycles. The molecule has 6 heteroatoms. The molecule has 1 saturated carbocycles. The predicted molar refractivity (Wildman–Crippen MR) is 59.1 cm³/mol. The van der Waals surface area contributed by atoms with Gasteiger partial charge in [-0.3, -0.25) is 0 Å². The summed E-state index contributed by atoms with van der Waals surface area (Å²) in [6.45, 7) is 0.472. The normalized spacial score (nSPS) is 17.1. The summed E-state index contributed by atoms with van der Waals surface area (Å²) in [4.78, 5) is 4.38. The van der Waals surface area contributed by atoms with Gasteiger partial charge < -0.3 is 10.4 Å². The first kappa shape index (κ1) is 10.7. The van der Waals surface area contributed by atoms with Crippen molar-refractivity contribution in [1.29, 1.82) is 5.26 Å². The lowest BCUT2D eigenvalue weighted by Crippen LogP contribution is -2.21. The summed E-state index contributed by atoms with van der Waals surface area (Å²) in [5.41, 5.74) is 0. The van der Waals surface area contributed by atoms with Crippen LogP contribution in [0.4, 0.5) is 5.13 Å². The molecule has 0 aromatic carbocycles. The molecule has 1 heterocycles. The van der Waals surface area contributed by atoms with E-state index in [1.54, 1.807) is 0 Å². The first-order chi connectivity index (χ1) is 7.20. The average molecular weight is 244 g/mol. The van der Waals surface area contributed by atoms with E-state index in [4.69, 9.17) is 16.9 Å².